The van der Waals surface area contributed by atoms with Crippen molar-refractivity contribution < 1.29 is 14.6 Å². The Morgan fingerprint density at radius 3 is 2.77 bits per heavy atom. The number of rotatable bonds is 2. The number of nitrogens with one attached hydrogen (secondary N) is 1. The van der Waals surface area contributed by atoms with Gasteiger partial charge in [0.25, 0.3) is 11.5 Å². The van der Waals surface area contributed by atoms with Crippen molar-refractivity contribution in [1.29, 1.82) is 0 Å². The lowest BCUT2D eigenvalue weighted by molar-refractivity contribution is -0.0591. The topological polar surface area (TPSA) is 82.6 Å². The number of ether oxygens (including phenoxy) is 1. The number of carbonyl (C=O) groups excluding carboxylic acids is 1. The molecular weight excluding hydrogens is 332 g/mol. The van der Waals surface area contributed by atoms with E-state index in [0.717, 1.165) is 0 Å². The number of aromatic nitrogens is 1. The lowest BCUT2D eigenvalue weighted by Crippen LogP contribution is -2.41. The maximum absolute atomic E-state index is 12.8. The van der Waals surface area contributed by atoms with Crippen LogP contribution in [0.1, 0.15) is 34.0 Å². The zero-order chi connectivity index (χ0) is 18.3. The molecule has 2 fully saturated rings. The van der Waals surface area contributed by atoms with E-state index in [-0.39, 0.29) is 23.9 Å². The third-order valence-corrected chi connectivity index (χ3v) is 5.47. The van der Waals surface area contributed by atoms with Gasteiger partial charge in [-0.15, -0.1) is 0 Å². The van der Waals surface area contributed by atoms with E-state index in [1.165, 1.54) is 16.5 Å². The molecule has 26 heavy (non-hydrogen) atoms. The summed E-state index contributed by atoms with van der Waals surface area (Å²) in [6, 6.07) is 13.3. The Morgan fingerprint density at radius 2 is 2.04 bits per heavy atom. The number of β-amino-alcohol motifs (C(OH)–C–C–N with tert-alkyl or cyclic N) is 1. The average Bonchev–Trinajstić information content (AvgIpc) is 3.20. The predicted octanol–water partition coefficient (Wildman–Crippen LogP) is 1.44. The second kappa shape index (κ2) is 6.37. The fourth-order valence-corrected chi connectivity index (χ4v) is 4.02. The Balaban J connectivity index is 1.53. The van der Waals surface area contributed by atoms with Crippen LogP contribution in [0.5, 0.6) is 0 Å². The Morgan fingerprint density at radius 1 is 1.27 bits per heavy atom. The van der Waals surface area contributed by atoms with Crippen LogP contribution >= 0.6 is 0 Å². The first-order chi connectivity index (χ1) is 12.5. The smallest absolute Gasteiger partial charge is 0.260 e. The molecule has 0 saturated carbocycles. The number of aliphatic hydroxyl groups is 1. The van der Waals surface area contributed by atoms with Crippen molar-refractivity contribution in [2.45, 2.75) is 31.0 Å². The molecular formula is C20H22N2O4. The lowest BCUT2D eigenvalue weighted by Gasteiger charge is -2.26. The first-order valence-corrected chi connectivity index (χ1v) is 8.85. The van der Waals surface area contributed by atoms with Gasteiger partial charge < -0.3 is 19.7 Å². The molecule has 2 N–H and O–H groups in total. The zero-order valence-electron chi connectivity index (χ0n) is 14.6. The van der Waals surface area contributed by atoms with Crippen molar-refractivity contribution in [2.24, 2.45) is 0 Å². The van der Waals surface area contributed by atoms with E-state index in [2.05, 4.69) is 17.1 Å². The van der Waals surface area contributed by atoms with Crippen LogP contribution in [0, 0.1) is 6.92 Å². The van der Waals surface area contributed by atoms with Gasteiger partial charge in [0.2, 0.25) is 0 Å². The molecule has 136 valence electrons. The Labute approximate surface area is 151 Å². The second-order valence-corrected chi connectivity index (χ2v) is 7.27. The number of aromatic amines is 1. The van der Waals surface area contributed by atoms with Gasteiger partial charge >= 0.3 is 0 Å². The lowest BCUT2D eigenvalue weighted by atomic mass is 9.87. The monoisotopic (exact) mass is 354 g/mol. The molecule has 0 unspecified atom stereocenters. The summed E-state index contributed by atoms with van der Waals surface area (Å²) in [6.07, 6.45) is -0.101. The maximum atomic E-state index is 12.8. The summed E-state index contributed by atoms with van der Waals surface area (Å²) >= 11 is 0. The molecule has 2 saturated heterocycles. The summed E-state index contributed by atoms with van der Waals surface area (Å²) in [5.74, 6) is -0.169. The molecule has 0 aliphatic carbocycles. The highest BCUT2D eigenvalue weighted by Gasteiger charge is 2.53. The van der Waals surface area contributed by atoms with Crippen molar-refractivity contribution >= 4 is 5.91 Å². The fourth-order valence-electron chi connectivity index (χ4n) is 4.02. The molecule has 2 aliphatic heterocycles. The molecule has 1 amide bonds. The SMILES string of the molecule is Cc1ccc(C(=O)N2C[C@@H](O)[C@@]3(C[C@@H](c4ccccc4)CO3)C2)c(=O)[nH]1. The Kier molecular flexibility index (Phi) is 4.17. The van der Waals surface area contributed by atoms with E-state index >= 15 is 0 Å². The molecule has 3 heterocycles. The van der Waals surface area contributed by atoms with E-state index < -0.39 is 17.3 Å². The van der Waals surface area contributed by atoms with Crippen LogP contribution in [-0.4, -0.2) is 52.3 Å². The summed E-state index contributed by atoms with van der Waals surface area (Å²) in [7, 11) is 0. The van der Waals surface area contributed by atoms with Gasteiger partial charge in [0, 0.05) is 18.2 Å². The van der Waals surface area contributed by atoms with Crippen LogP contribution in [-0.2, 0) is 4.74 Å². The number of pyridine rings is 1. The minimum atomic E-state index is -0.760. The van der Waals surface area contributed by atoms with E-state index in [1.54, 1.807) is 13.0 Å². The third kappa shape index (κ3) is 2.85. The number of aliphatic hydroxyl groups excluding tert-OH is 1. The van der Waals surface area contributed by atoms with Crippen molar-refractivity contribution in [1.82, 2.24) is 9.88 Å². The summed E-state index contributed by atoms with van der Waals surface area (Å²) in [4.78, 5) is 29.0. The molecule has 1 aromatic carbocycles. The minimum absolute atomic E-state index is 0.0949. The van der Waals surface area contributed by atoms with Crippen LogP contribution in [0.15, 0.2) is 47.3 Å². The van der Waals surface area contributed by atoms with Crippen LogP contribution in [0.25, 0.3) is 0 Å². The normalized spacial score (nSPS) is 28.0. The highest BCUT2D eigenvalue weighted by molar-refractivity contribution is 5.94. The van der Waals surface area contributed by atoms with E-state index in [0.29, 0.717) is 25.3 Å². The number of H-pyrrole nitrogens is 1. The standard InChI is InChI=1S/C20H22N2O4/c1-13-7-8-16(18(24)21-13)19(25)22-10-17(23)20(12-22)9-15(11-26-20)14-5-3-2-4-6-14/h2-8,15,17,23H,9-12H2,1H3,(H,21,24)/t15-,17-,20-/m1/s1. The van der Waals surface area contributed by atoms with Gasteiger partial charge in [-0.2, -0.15) is 0 Å². The summed E-state index contributed by atoms with van der Waals surface area (Å²) in [5.41, 5.74) is 0.816. The quantitative estimate of drug-likeness (QED) is 0.855. The Hall–Kier alpha value is -2.44. The fraction of sp³-hybridized carbons (Fsp3) is 0.400. The molecule has 1 aromatic heterocycles. The van der Waals surface area contributed by atoms with Gasteiger partial charge in [0.1, 0.15) is 17.3 Å². The number of likely N-dealkylation sites (tertiary alicyclic amines) is 1. The molecule has 2 aliphatic rings. The predicted molar refractivity (Wildman–Crippen MR) is 96.2 cm³/mol. The molecule has 0 bridgehead atoms. The molecule has 2 aromatic rings. The number of hydrogen-bond acceptors (Lipinski definition) is 4. The third-order valence-electron chi connectivity index (χ3n) is 5.47. The largest absolute Gasteiger partial charge is 0.388 e. The van der Waals surface area contributed by atoms with Crippen molar-refractivity contribution in [2.75, 3.05) is 19.7 Å². The molecule has 3 atom stereocenters. The number of hydrogen-bond donors (Lipinski definition) is 2. The van der Waals surface area contributed by atoms with Gasteiger partial charge in [-0.1, -0.05) is 30.3 Å². The highest BCUT2D eigenvalue weighted by Crippen LogP contribution is 2.42. The van der Waals surface area contributed by atoms with Gasteiger partial charge in [-0.05, 0) is 31.0 Å². The molecule has 6 nitrogen and oxygen atoms in total. The number of carbonyl (C=O) groups is 1. The van der Waals surface area contributed by atoms with Gasteiger partial charge in [-0.25, -0.2) is 0 Å². The average molecular weight is 354 g/mol. The van der Waals surface area contributed by atoms with Crippen LogP contribution < -0.4 is 5.56 Å². The van der Waals surface area contributed by atoms with E-state index in [1.807, 2.05) is 18.2 Å². The van der Waals surface area contributed by atoms with Crippen molar-refractivity contribution in [3.63, 3.8) is 0 Å². The zero-order valence-corrected chi connectivity index (χ0v) is 14.6. The van der Waals surface area contributed by atoms with Gasteiger partial charge in [-0.3, -0.25) is 9.59 Å². The number of nitrogens with zero attached hydrogens (tertiary/aromatic N) is 1. The van der Waals surface area contributed by atoms with Crippen LogP contribution in [0.3, 0.4) is 0 Å². The van der Waals surface area contributed by atoms with Gasteiger partial charge in [0.05, 0.1) is 13.2 Å². The number of aryl methyl sites for hydroxylation is 1. The Bertz CT molecular complexity index is 879. The van der Waals surface area contributed by atoms with E-state index in [4.69, 9.17) is 4.74 Å². The minimum Gasteiger partial charge on any atom is -0.388 e. The molecule has 4 rings (SSSR count). The summed E-state index contributed by atoms with van der Waals surface area (Å²) in [6.45, 7) is 2.76. The van der Waals surface area contributed by atoms with Crippen LogP contribution in [0.4, 0.5) is 0 Å². The molecule has 0 radical (unpaired) electrons. The summed E-state index contributed by atoms with van der Waals surface area (Å²) in [5, 5.41) is 10.6. The van der Waals surface area contributed by atoms with Gasteiger partial charge in [0.15, 0.2) is 0 Å². The summed E-state index contributed by atoms with van der Waals surface area (Å²) < 4.78 is 6.02. The van der Waals surface area contributed by atoms with Crippen molar-refractivity contribution in [3.8, 4) is 0 Å². The number of amides is 1. The number of benzene rings is 1. The van der Waals surface area contributed by atoms with Crippen LogP contribution in [0.2, 0.25) is 0 Å². The van der Waals surface area contributed by atoms with Crippen molar-refractivity contribution in [3.05, 3.63) is 69.6 Å². The first kappa shape index (κ1) is 17.0. The maximum Gasteiger partial charge on any atom is 0.260 e. The first-order valence-electron chi connectivity index (χ1n) is 8.85. The van der Waals surface area contributed by atoms with E-state index in [9.17, 15) is 14.7 Å². The highest BCUT2D eigenvalue weighted by atomic mass is 16.5. The molecule has 6 heteroatoms. The molecule has 1 spiro atoms. The second-order valence-electron chi connectivity index (χ2n) is 7.27.